The first-order valence-corrected chi connectivity index (χ1v) is 7.12. The van der Waals surface area contributed by atoms with E-state index in [9.17, 15) is 0 Å². The predicted molar refractivity (Wildman–Crippen MR) is 75.5 cm³/mol. The van der Waals surface area contributed by atoms with E-state index in [0.29, 0.717) is 12.0 Å². The minimum Gasteiger partial charge on any atom is -0.378 e. The normalized spacial score (nSPS) is 24.4. The van der Waals surface area contributed by atoms with E-state index in [4.69, 9.17) is 4.74 Å². The van der Waals surface area contributed by atoms with Crippen molar-refractivity contribution < 1.29 is 4.74 Å². The molecule has 18 heavy (non-hydrogen) atoms. The molecule has 2 atom stereocenters. The number of ether oxygens (including phenoxy) is 1. The lowest BCUT2D eigenvalue weighted by atomic mass is 9.90. The molecule has 2 nitrogen and oxygen atoms in total. The zero-order valence-corrected chi connectivity index (χ0v) is 11.6. The smallest absolute Gasteiger partial charge is 0.0601 e. The molecule has 2 rings (SSSR count). The Labute approximate surface area is 111 Å². The van der Waals surface area contributed by atoms with Crippen LogP contribution in [0.3, 0.4) is 0 Å². The fourth-order valence-electron chi connectivity index (χ4n) is 2.57. The summed E-state index contributed by atoms with van der Waals surface area (Å²) in [6.07, 6.45) is 2.87. The number of hydrogen-bond donors (Lipinski definition) is 1. The van der Waals surface area contributed by atoms with Gasteiger partial charge in [-0.1, -0.05) is 44.2 Å². The maximum absolute atomic E-state index is 5.81. The molecule has 0 amide bonds. The van der Waals surface area contributed by atoms with E-state index in [2.05, 4.69) is 49.5 Å². The van der Waals surface area contributed by atoms with Crippen LogP contribution in [0, 0.1) is 11.8 Å². The highest BCUT2D eigenvalue weighted by Gasteiger charge is 2.24. The highest BCUT2D eigenvalue weighted by atomic mass is 16.5. The zero-order chi connectivity index (χ0) is 12.8. The quantitative estimate of drug-likeness (QED) is 0.862. The molecule has 1 N–H and O–H groups in total. The van der Waals surface area contributed by atoms with Crippen LogP contribution in [0.25, 0.3) is 0 Å². The SMILES string of the molecule is CC(C)C1CC(CNCc2ccccc2)CCO1. The minimum absolute atomic E-state index is 0.460. The Hall–Kier alpha value is -0.860. The van der Waals surface area contributed by atoms with Gasteiger partial charge in [0.2, 0.25) is 0 Å². The molecule has 1 aromatic rings. The van der Waals surface area contributed by atoms with Crippen molar-refractivity contribution in [1.29, 1.82) is 0 Å². The van der Waals surface area contributed by atoms with Gasteiger partial charge in [-0.05, 0) is 36.8 Å². The Morgan fingerprint density at radius 2 is 2.06 bits per heavy atom. The molecule has 100 valence electrons. The second kappa shape index (κ2) is 6.91. The third-order valence-electron chi connectivity index (χ3n) is 3.77. The summed E-state index contributed by atoms with van der Waals surface area (Å²) >= 11 is 0. The first-order chi connectivity index (χ1) is 8.75. The van der Waals surface area contributed by atoms with Crippen LogP contribution in [0.5, 0.6) is 0 Å². The van der Waals surface area contributed by atoms with E-state index in [1.165, 1.54) is 18.4 Å². The summed E-state index contributed by atoms with van der Waals surface area (Å²) < 4.78 is 5.81. The number of hydrogen-bond acceptors (Lipinski definition) is 2. The van der Waals surface area contributed by atoms with Gasteiger partial charge in [0.05, 0.1) is 6.10 Å². The third-order valence-corrected chi connectivity index (χ3v) is 3.77. The van der Waals surface area contributed by atoms with Crippen LogP contribution in [-0.4, -0.2) is 19.3 Å². The van der Waals surface area contributed by atoms with Gasteiger partial charge in [-0.25, -0.2) is 0 Å². The number of rotatable bonds is 5. The summed E-state index contributed by atoms with van der Waals surface area (Å²) in [6.45, 7) is 7.53. The monoisotopic (exact) mass is 247 g/mol. The van der Waals surface area contributed by atoms with E-state index < -0.39 is 0 Å². The zero-order valence-electron chi connectivity index (χ0n) is 11.6. The van der Waals surface area contributed by atoms with Crippen molar-refractivity contribution in [1.82, 2.24) is 5.32 Å². The van der Waals surface area contributed by atoms with Crippen LogP contribution in [0.1, 0.15) is 32.3 Å². The minimum atomic E-state index is 0.460. The van der Waals surface area contributed by atoms with Crippen LogP contribution in [-0.2, 0) is 11.3 Å². The lowest BCUT2D eigenvalue weighted by Crippen LogP contribution is -2.34. The molecular formula is C16H25NO. The van der Waals surface area contributed by atoms with Gasteiger partial charge in [-0.15, -0.1) is 0 Å². The molecule has 0 aliphatic carbocycles. The Morgan fingerprint density at radius 1 is 1.28 bits per heavy atom. The van der Waals surface area contributed by atoms with Crippen LogP contribution < -0.4 is 5.32 Å². The van der Waals surface area contributed by atoms with E-state index >= 15 is 0 Å². The molecule has 0 aromatic heterocycles. The molecule has 2 heteroatoms. The molecule has 1 aromatic carbocycles. The van der Waals surface area contributed by atoms with Crippen LogP contribution in [0.4, 0.5) is 0 Å². The highest BCUT2D eigenvalue weighted by molar-refractivity contribution is 5.14. The van der Waals surface area contributed by atoms with Gasteiger partial charge in [-0.2, -0.15) is 0 Å². The molecule has 1 heterocycles. The lowest BCUT2D eigenvalue weighted by molar-refractivity contribution is -0.0336. The van der Waals surface area contributed by atoms with E-state index in [1.54, 1.807) is 0 Å². The molecule has 1 saturated heterocycles. The Morgan fingerprint density at radius 3 is 2.78 bits per heavy atom. The van der Waals surface area contributed by atoms with E-state index in [0.717, 1.165) is 25.6 Å². The molecule has 0 spiro atoms. The van der Waals surface area contributed by atoms with E-state index in [-0.39, 0.29) is 0 Å². The third kappa shape index (κ3) is 4.11. The van der Waals surface area contributed by atoms with Crippen molar-refractivity contribution in [2.45, 2.75) is 39.3 Å². The summed E-state index contributed by atoms with van der Waals surface area (Å²) in [5, 5.41) is 3.58. The Kier molecular flexibility index (Phi) is 5.21. The van der Waals surface area contributed by atoms with Gasteiger partial charge in [0.25, 0.3) is 0 Å². The molecule has 1 aliphatic rings. The summed E-state index contributed by atoms with van der Waals surface area (Å²) in [7, 11) is 0. The predicted octanol–water partition coefficient (Wildman–Crippen LogP) is 3.23. The van der Waals surface area contributed by atoms with Crippen molar-refractivity contribution in [3.8, 4) is 0 Å². The second-order valence-electron chi connectivity index (χ2n) is 5.66. The van der Waals surface area contributed by atoms with Crippen LogP contribution in [0.15, 0.2) is 30.3 Å². The molecule has 2 unspecified atom stereocenters. The average Bonchev–Trinajstić information content (AvgIpc) is 2.40. The van der Waals surface area contributed by atoms with Crippen LogP contribution in [0.2, 0.25) is 0 Å². The summed E-state index contributed by atoms with van der Waals surface area (Å²) in [5.41, 5.74) is 1.37. The molecule has 0 bridgehead atoms. The standard InChI is InChI=1S/C16H25NO/c1-13(2)16-10-15(8-9-18-16)12-17-11-14-6-4-3-5-7-14/h3-7,13,15-17H,8-12H2,1-2H3. The van der Waals surface area contributed by atoms with Crippen molar-refractivity contribution in [3.05, 3.63) is 35.9 Å². The average molecular weight is 247 g/mol. The maximum atomic E-state index is 5.81. The molecule has 0 radical (unpaired) electrons. The second-order valence-corrected chi connectivity index (χ2v) is 5.66. The molecule has 1 aliphatic heterocycles. The van der Waals surface area contributed by atoms with Gasteiger partial charge >= 0.3 is 0 Å². The van der Waals surface area contributed by atoms with Gasteiger partial charge < -0.3 is 10.1 Å². The van der Waals surface area contributed by atoms with Gasteiger partial charge in [0.15, 0.2) is 0 Å². The number of nitrogens with one attached hydrogen (secondary N) is 1. The maximum Gasteiger partial charge on any atom is 0.0601 e. The first kappa shape index (κ1) is 13.6. The Balaban J connectivity index is 1.70. The molecule has 0 saturated carbocycles. The van der Waals surface area contributed by atoms with Gasteiger partial charge in [0, 0.05) is 13.2 Å². The fourth-order valence-corrected chi connectivity index (χ4v) is 2.57. The summed E-state index contributed by atoms with van der Waals surface area (Å²) in [5.74, 6) is 1.41. The Bertz CT molecular complexity index is 336. The van der Waals surface area contributed by atoms with Gasteiger partial charge in [-0.3, -0.25) is 0 Å². The van der Waals surface area contributed by atoms with Crippen molar-refractivity contribution in [2.75, 3.05) is 13.2 Å². The lowest BCUT2D eigenvalue weighted by Gasteiger charge is -2.32. The van der Waals surface area contributed by atoms with Crippen LogP contribution >= 0.6 is 0 Å². The fraction of sp³-hybridized carbons (Fsp3) is 0.625. The summed E-state index contributed by atoms with van der Waals surface area (Å²) in [4.78, 5) is 0. The largest absolute Gasteiger partial charge is 0.378 e. The van der Waals surface area contributed by atoms with E-state index in [1.807, 2.05) is 0 Å². The topological polar surface area (TPSA) is 21.3 Å². The van der Waals surface area contributed by atoms with Crippen molar-refractivity contribution >= 4 is 0 Å². The number of benzene rings is 1. The van der Waals surface area contributed by atoms with Gasteiger partial charge in [0.1, 0.15) is 0 Å². The molecule has 1 fully saturated rings. The van der Waals surface area contributed by atoms with Crippen molar-refractivity contribution in [3.63, 3.8) is 0 Å². The molecular weight excluding hydrogens is 222 g/mol. The highest BCUT2D eigenvalue weighted by Crippen LogP contribution is 2.24. The van der Waals surface area contributed by atoms with Crippen molar-refractivity contribution in [2.24, 2.45) is 11.8 Å². The first-order valence-electron chi connectivity index (χ1n) is 7.12. The summed E-state index contributed by atoms with van der Waals surface area (Å²) in [6, 6.07) is 10.6.